The lowest BCUT2D eigenvalue weighted by Crippen LogP contribution is -2.14. The average molecular weight is 450 g/mol. The minimum Gasteiger partial charge on any atom is -0.326 e. The fourth-order valence-electron chi connectivity index (χ4n) is 3.81. The molecular weight excluding hydrogens is 426 g/mol. The summed E-state index contributed by atoms with van der Waals surface area (Å²) < 4.78 is 1.85. The van der Waals surface area contributed by atoms with Crippen molar-refractivity contribution in [1.29, 1.82) is 0 Å². The van der Waals surface area contributed by atoms with Crippen LogP contribution in [0.2, 0.25) is 5.02 Å². The molecule has 0 fully saturated rings. The largest absolute Gasteiger partial charge is 0.326 e. The zero-order valence-corrected chi connectivity index (χ0v) is 19.3. The van der Waals surface area contributed by atoms with E-state index in [1.807, 2.05) is 61.2 Å². The van der Waals surface area contributed by atoms with Crippen molar-refractivity contribution in [3.63, 3.8) is 0 Å². The van der Waals surface area contributed by atoms with Crippen LogP contribution in [0.1, 0.15) is 18.1 Å². The molecule has 1 N–H and O–H groups in total. The van der Waals surface area contributed by atoms with Crippen molar-refractivity contribution in [2.75, 3.05) is 11.1 Å². The number of aryl methyl sites for hydroxylation is 2. The summed E-state index contributed by atoms with van der Waals surface area (Å²) in [6, 6.07) is 18.0. The number of aromatic nitrogens is 2. The van der Waals surface area contributed by atoms with Crippen LogP contribution in [0.3, 0.4) is 0 Å². The van der Waals surface area contributed by atoms with Crippen molar-refractivity contribution in [1.82, 2.24) is 9.78 Å². The number of thioether (sulfide) groups is 1. The van der Waals surface area contributed by atoms with Crippen molar-refractivity contribution in [2.45, 2.75) is 25.2 Å². The highest BCUT2D eigenvalue weighted by molar-refractivity contribution is 7.99. The number of benzene rings is 3. The fraction of sp³-hybridized carbons (Fsp3) is 0.200. The van der Waals surface area contributed by atoms with Crippen LogP contribution in [0, 0.1) is 6.92 Å². The van der Waals surface area contributed by atoms with Crippen LogP contribution >= 0.6 is 23.4 Å². The van der Waals surface area contributed by atoms with E-state index in [1.165, 1.54) is 4.90 Å². The van der Waals surface area contributed by atoms with Gasteiger partial charge in [0.2, 0.25) is 5.91 Å². The Bertz CT molecular complexity index is 1220. The third-order valence-electron chi connectivity index (χ3n) is 5.23. The standard InChI is InChI=1S/C25H24ClN3OS/c1-4-31-19-10-8-17(9-11-19)13-24(30)28-18-12-16(2)25(22(26)14-18)20-6-5-7-23-21(20)15-27-29(23)3/h5-12,14-15H,4,13H2,1-3H3,(H,28,30). The average Bonchev–Trinajstić information content (AvgIpc) is 3.11. The van der Waals surface area contributed by atoms with E-state index in [-0.39, 0.29) is 5.91 Å². The van der Waals surface area contributed by atoms with Gasteiger partial charge in [-0.15, -0.1) is 11.8 Å². The molecule has 0 radical (unpaired) electrons. The number of carbonyl (C=O) groups excluding carboxylic acids is 1. The molecule has 0 unspecified atom stereocenters. The second kappa shape index (κ2) is 9.16. The molecule has 4 nitrogen and oxygen atoms in total. The van der Waals surface area contributed by atoms with Gasteiger partial charge >= 0.3 is 0 Å². The molecule has 1 aromatic heterocycles. The Morgan fingerprint density at radius 3 is 2.65 bits per heavy atom. The van der Waals surface area contributed by atoms with E-state index in [9.17, 15) is 4.79 Å². The van der Waals surface area contributed by atoms with Crippen LogP contribution in [0.15, 0.2) is 65.7 Å². The van der Waals surface area contributed by atoms with Crippen molar-refractivity contribution < 1.29 is 4.79 Å². The molecule has 31 heavy (non-hydrogen) atoms. The van der Waals surface area contributed by atoms with E-state index in [4.69, 9.17) is 11.6 Å². The SMILES string of the molecule is CCSc1ccc(CC(=O)Nc2cc(C)c(-c3cccc4c3cnn4C)c(Cl)c2)cc1. The quantitative estimate of drug-likeness (QED) is 0.342. The Balaban J connectivity index is 1.55. The van der Waals surface area contributed by atoms with Crippen LogP contribution in [0.5, 0.6) is 0 Å². The molecule has 0 saturated carbocycles. The highest BCUT2D eigenvalue weighted by atomic mass is 35.5. The van der Waals surface area contributed by atoms with Gasteiger partial charge in [-0.25, -0.2) is 0 Å². The van der Waals surface area contributed by atoms with Crippen LogP contribution in [0.4, 0.5) is 5.69 Å². The number of nitrogens with one attached hydrogen (secondary N) is 1. The lowest BCUT2D eigenvalue weighted by molar-refractivity contribution is -0.115. The molecule has 0 aliphatic carbocycles. The summed E-state index contributed by atoms with van der Waals surface area (Å²) in [5.41, 5.74) is 5.74. The number of hydrogen-bond acceptors (Lipinski definition) is 3. The first-order valence-electron chi connectivity index (χ1n) is 10.2. The summed E-state index contributed by atoms with van der Waals surface area (Å²) in [6.45, 7) is 4.14. The minimum atomic E-state index is -0.0616. The summed E-state index contributed by atoms with van der Waals surface area (Å²) in [5, 5.41) is 9.01. The summed E-state index contributed by atoms with van der Waals surface area (Å²) in [4.78, 5) is 13.8. The van der Waals surface area contributed by atoms with Crippen LogP contribution in [-0.4, -0.2) is 21.4 Å². The number of amides is 1. The molecule has 3 aromatic carbocycles. The number of halogens is 1. The molecule has 0 aliphatic heterocycles. The number of nitrogens with zero attached hydrogens (tertiary/aromatic N) is 2. The van der Waals surface area contributed by atoms with Gasteiger partial charge in [0.15, 0.2) is 0 Å². The van der Waals surface area contributed by atoms with E-state index < -0.39 is 0 Å². The Morgan fingerprint density at radius 1 is 1.16 bits per heavy atom. The minimum absolute atomic E-state index is 0.0616. The first-order valence-corrected chi connectivity index (χ1v) is 11.6. The number of fused-ring (bicyclic) bond motifs is 1. The van der Waals surface area contributed by atoms with Crippen molar-refractivity contribution in [3.05, 3.63) is 76.9 Å². The normalized spacial score (nSPS) is 11.1. The van der Waals surface area contributed by atoms with Gasteiger partial charge in [0.25, 0.3) is 0 Å². The summed E-state index contributed by atoms with van der Waals surface area (Å²) >= 11 is 8.48. The summed E-state index contributed by atoms with van der Waals surface area (Å²) in [5.74, 6) is 0.971. The molecule has 0 spiro atoms. The third-order valence-corrected chi connectivity index (χ3v) is 6.42. The van der Waals surface area contributed by atoms with Gasteiger partial charge in [0.05, 0.1) is 23.2 Å². The lowest BCUT2D eigenvalue weighted by atomic mass is 9.97. The number of anilines is 1. The van der Waals surface area contributed by atoms with Crippen LogP contribution in [0.25, 0.3) is 22.0 Å². The molecule has 0 saturated heterocycles. The first kappa shape index (κ1) is 21.5. The highest BCUT2D eigenvalue weighted by Crippen LogP contribution is 2.37. The zero-order chi connectivity index (χ0) is 22.0. The van der Waals surface area contributed by atoms with Gasteiger partial charge in [-0.1, -0.05) is 42.8 Å². The van der Waals surface area contributed by atoms with Gasteiger partial charge in [-0.3, -0.25) is 9.48 Å². The predicted octanol–water partition coefficient (Wildman–Crippen LogP) is 6.50. The molecule has 6 heteroatoms. The highest BCUT2D eigenvalue weighted by Gasteiger charge is 2.15. The van der Waals surface area contributed by atoms with E-state index in [0.717, 1.165) is 38.9 Å². The Kier molecular flexibility index (Phi) is 6.35. The molecule has 0 bridgehead atoms. The summed E-state index contributed by atoms with van der Waals surface area (Å²) in [6.07, 6.45) is 2.19. The molecule has 1 heterocycles. The Labute approximate surface area is 191 Å². The topological polar surface area (TPSA) is 46.9 Å². The van der Waals surface area contributed by atoms with Gasteiger partial charge in [-0.2, -0.15) is 5.10 Å². The van der Waals surface area contributed by atoms with Gasteiger partial charge in [-0.05, 0) is 59.7 Å². The maximum atomic E-state index is 12.6. The van der Waals surface area contributed by atoms with E-state index in [2.05, 4.69) is 35.5 Å². The molecular formula is C25H24ClN3OS. The molecule has 0 atom stereocenters. The molecule has 4 rings (SSSR count). The number of rotatable bonds is 6. The van der Waals surface area contributed by atoms with Crippen LogP contribution < -0.4 is 5.32 Å². The second-order valence-electron chi connectivity index (χ2n) is 7.46. The third kappa shape index (κ3) is 4.63. The van der Waals surface area contributed by atoms with Gasteiger partial charge in [0.1, 0.15) is 0 Å². The monoisotopic (exact) mass is 449 g/mol. The van der Waals surface area contributed by atoms with Crippen molar-refractivity contribution in [2.24, 2.45) is 7.05 Å². The second-order valence-corrected chi connectivity index (χ2v) is 9.20. The first-order chi connectivity index (χ1) is 15.0. The Hall–Kier alpha value is -2.76. The van der Waals surface area contributed by atoms with Gasteiger partial charge < -0.3 is 5.32 Å². The maximum absolute atomic E-state index is 12.6. The molecule has 158 valence electrons. The lowest BCUT2D eigenvalue weighted by Gasteiger charge is -2.14. The van der Waals surface area contributed by atoms with E-state index in [1.54, 1.807) is 11.8 Å². The number of hydrogen-bond donors (Lipinski definition) is 1. The van der Waals surface area contributed by atoms with Crippen molar-refractivity contribution >= 4 is 45.9 Å². The summed E-state index contributed by atoms with van der Waals surface area (Å²) in [7, 11) is 1.93. The van der Waals surface area contributed by atoms with Crippen molar-refractivity contribution in [3.8, 4) is 11.1 Å². The predicted molar refractivity (Wildman–Crippen MR) is 131 cm³/mol. The van der Waals surface area contributed by atoms with Crippen LogP contribution in [-0.2, 0) is 18.3 Å². The van der Waals surface area contributed by atoms with E-state index in [0.29, 0.717) is 17.1 Å². The zero-order valence-electron chi connectivity index (χ0n) is 17.8. The molecule has 0 aliphatic rings. The molecule has 1 amide bonds. The number of carbonyl (C=O) groups is 1. The smallest absolute Gasteiger partial charge is 0.228 e. The molecule has 4 aromatic rings. The maximum Gasteiger partial charge on any atom is 0.228 e. The van der Waals surface area contributed by atoms with Gasteiger partial charge in [0, 0.05) is 28.6 Å². The Morgan fingerprint density at radius 2 is 1.94 bits per heavy atom. The fourth-order valence-corrected chi connectivity index (χ4v) is 4.84. The van der Waals surface area contributed by atoms with E-state index >= 15 is 0 Å².